The van der Waals surface area contributed by atoms with E-state index in [0.29, 0.717) is 6.42 Å². The minimum absolute atomic E-state index is 0.0447. The minimum Gasteiger partial charge on any atom is -0.398 e. The Bertz CT molecular complexity index is 399. The van der Waals surface area contributed by atoms with Crippen LogP contribution in [-0.2, 0) is 6.18 Å². The molecule has 0 unspecified atom stereocenters. The number of nitrogen functional groups attached to an aromatic ring is 1. The van der Waals surface area contributed by atoms with Gasteiger partial charge in [-0.15, -0.1) is 0 Å². The number of benzene rings is 1. The Labute approximate surface area is 91.3 Å². The molecule has 0 aliphatic carbocycles. The maximum Gasteiger partial charge on any atom is 0.418 e. The van der Waals surface area contributed by atoms with E-state index < -0.39 is 17.4 Å². The van der Waals surface area contributed by atoms with Crippen LogP contribution in [0.15, 0.2) is 18.2 Å². The molecule has 0 bridgehead atoms. The Morgan fingerprint density at radius 2 is 2.00 bits per heavy atom. The van der Waals surface area contributed by atoms with Gasteiger partial charge in [0, 0.05) is 12.0 Å². The summed E-state index contributed by atoms with van der Waals surface area (Å²) < 4.78 is 37.5. The van der Waals surface area contributed by atoms with E-state index in [9.17, 15) is 18.0 Å². The molecule has 0 aliphatic heterocycles. The molecule has 0 spiro atoms. The third-order valence-electron chi connectivity index (χ3n) is 2.19. The lowest BCUT2D eigenvalue weighted by Crippen LogP contribution is -2.13. The smallest absolute Gasteiger partial charge is 0.398 e. The Balaban J connectivity index is 3.19. The molecule has 0 aliphatic rings. The second-order valence-corrected chi connectivity index (χ2v) is 3.44. The van der Waals surface area contributed by atoms with Crippen LogP contribution in [0.2, 0.25) is 0 Å². The lowest BCUT2D eigenvalue weighted by atomic mass is 10.0. The summed E-state index contributed by atoms with van der Waals surface area (Å²) in [5, 5.41) is 0. The first-order chi connectivity index (χ1) is 7.38. The molecule has 16 heavy (non-hydrogen) atoms. The zero-order valence-corrected chi connectivity index (χ0v) is 8.77. The molecular weight excluding hydrogens is 219 g/mol. The van der Waals surface area contributed by atoms with E-state index in [1.807, 2.05) is 0 Å². The summed E-state index contributed by atoms with van der Waals surface area (Å²) in [5.41, 5.74) is 3.89. The summed E-state index contributed by atoms with van der Waals surface area (Å²) >= 11 is 0. The first-order valence-corrected chi connectivity index (χ1v) is 4.86. The van der Waals surface area contributed by atoms with Crippen LogP contribution in [-0.4, -0.2) is 5.78 Å². The van der Waals surface area contributed by atoms with Gasteiger partial charge in [0.05, 0.1) is 11.3 Å². The SMILES string of the molecule is CCCC(=O)c1cccc(C(F)(F)F)c1N. The predicted octanol–water partition coefficient (Wildman–Crippen LogP) is 3.27. The van der Waals surface area contributed by atoms with Gasteiger partial charge in [-0.05, 0) is 18.6 Å². The Kier molecular flexibility index (Phi) is 3.57. The quantitative estimate of drug-likeness (QED) is 0.640. The molecule has 0 atom stereocenters. The maximum absolute atomic E-state index is 12.5. The topological polar surface area (TPSA) is 43.1 Å². The summed E-state index contributed by atoms with van der Waals surface area (Å²) in [5.74, 6) is -0.355. The summed E-state index contributed by atoms with van der Waals surface area (Å²) in [6, 6.07) is 3.39. The van der Waals surface area contributed by atoms with Crippen molar-refractivity contribution in [3.63, 3.8) is 0 Å². The van der Waals surface area contributed by atoms with Crippen LogP contribution in [0.25, 0.3) is 0 Å². The van der Waals surface area contributed by atoms with E-state index in [0.717, 1.165) is 6.07 Å². The number of anilines is 1. The fourth-order valence-electron chi connectivity index (χ4n) is 1.42. The largest absolute Gasteiger partial charge is 0.418 e. The Morgan fingerprint density at radius 1 is 1.38 bits per heavy atom. The third-order valence-corrected chi connectivity index (χ3v) is 2.19. The van der Waals surface area contributed by atoms with Crippen LogP contribution < -0.4 is 5.73 Å². The summed E-state index contributed by atoms with van der Waals surface area (Å²) in [7, 11) is 0. The fraction of sp³-hybridized carbons (Fsp3) is 0.364. The fourth-order valence-corrected chi connectivity index (χ4v) is 1.42. The number of nitrogens with two attached hydrogens (primary N) is 1. The molecule has 2 N–H and O–H groups in total. The molecule has 0 heterocycles. The maximum atomic E-state index is 12.5. The number of Topliss-reactive ketones (excluding diaryl/α,β-unsaturated/α-hetero) is 1. The number of ketones is 1. The monoisotopic (exact) mass is 231 g/mol. The van der Waals surface area contributed by atoms with Crippen molar-refractivity contribution in [2.75, 3.05) is 5.73 Å². The minimum atomic E-state index is -4.52. The molecule has 0 aromatic heterocycles. The highest BCUT2D eigenvalue weighted by Gasteiger charge is 2.34. The van der Waals surface area contributed by atoms with Gasteiger partial charge < -0.3 is 5.73 Å². The van der Waals surface area contributed by atoms with Gasteiger partial charge in [-0.25, -0.2) is 0 Å². The van der Waals surface area contributed by atoms with Gasteiger partial charge in [0.15, 0.2) is 5.78 Å². The zero-order valence-electron chi connectivity index (χ0n) is 8.77. The van der Waals surface area contributed by atoms with Gasteiger partial charge in [0.25, 0.3) is 0 Å². The highest BCUT2D eigenvalue weighted by atomic mass is 19.4. The van der Waals surface area contributed by atoms with Gasteiger partial charge in [-0.2, -0.15) is 13.2 Å². The van der Waals surface area contributed by atoms with Gasteiger partial charge in [0.2, 0.25) is 0 Å². The summed E-state index contributed by atoms with van der Waals surface area (Å²) in [4.78, 5) is 11.5. The molecule has 0 fully saturated rings. The molecule has 1 rings (SSSR count). The van der Waals surface area contributed by atoms with Crippen molar-refractivity contribution in [3.05, 3.63) is 29.3 Å². The number of halogens is 3. The third kappa shape index (κ3) is 2.53. The van der Waals surface area contributed by atoms with E-state index in [1.54, 1.807) is 6.92 Å². The van der Waals surface area contributed by atoms with E-state index in [-0.39, 0.29) is 17.8 Å². The van der Waals surface area contributed by atoms with Crippen LogP contribution in [0, 0.1) is 0 Å². The van der Waals surface area contributed by atoms with Crippen molar-refractivity contribution in [3.8, 4) is 0 Å². The van der Waals surface area contributed by atoms with Gasteiger partial charge in [-0.3, -0.25) is 4.79 Å². The molecule has 2 nitrogen and oxygen atoms in total. The second-order valence-electron chi connectivity index (χ2n) is 3.44. The van der Waals surface area contributed by atoms with Gasteiger partial charge in [0.1, 0.15) is 0 Å². The summed E-state index contributed by atoms with van der Waals surface area (Å²) in [6.07, 6.45) is -3.74. The van der Waals surface area contributed by atoms with E-state index in [4.69, 9.17) is 5.73 Å². The highest BCUT2D eigenvalue weighted by molar-refractivity contribution is 6.01. The van der Waals surface area contributed by atoms with Crippen molar-refractivity contribution < 1.29 is 18.0 Å². The van der Waals surface area contributed by atoms with E-state index in [2.05, 4.69) is 0 Å². The van der Waals surface area contributed by atoms with Gasteiger partial charge in [-0.1, -0.05) is 13.0 Å². The van der Waals surface area contributed by atoms with Crippen LogP contribution in [0.5, 0.6) is 0 Å². The first kappa shape index (κ1) is 12.5. The molecule has 1 aromatic carbocycles. The normalized spacial score (nSPS) is 11.5. The number of para-hydroxylation sites is 1. The highest BCUT2D eigenvalue weighted by Crippen LogP contribution is 2.35. The predicted molar refractivity (Wildman–Crippen MR) is 55.1 cm³/mol. The van der Waals surface area contributed by atoms with Crippen molar-refractivity contribution in [1.82, 2.24) is 0 Å². The van der Waals surface area contributed by atoms with Gasteiger partial charge >= 0.3 is 6.18 Å². The Morgan fingerprint density at radius 3 is 2.50 bits per heavy atom. The number of carbonyl (C=O) groups is 1. The number of hydrogen-bond donors (Lipinski definition) is 1. The standard InChI is InChI=1S/C11H12F3NO/c1-2-4-9(16)7-5-3-6-8(10(7)15)11(12,13)14/h3,5-6H,2,4,15H2,1H3. The van der Waals surface area contributed by atoms with E-state index >= 15 is 0 Å². The number of rotatable bonds is 3. The van der Waals surface area contributed by atoms with Crippen LogP contribution in [0.3, 0.4) is 0 Å². The lowest BCUT2D eigenvalue weighted by molar-refractivity contribution is -0.136. The van der Waals surface area contributed by atoms with Crippen LogP contribution in [0.1, 0.15) is 35.7 Å². The molecule has 0 saturated heterocycles. The molecule has 0 amide bonds. The van der Waals surface area contributed by atoms with Crippen molar-refractivity contribution >= 4 is 11.5 Å². The van der Waals surface area contributed by atoms with Crippen molar-refractivity contribution in [1.29, 1.82) is 0 Å². The molecular formula is C11H12F3NO. The van der Waals surface area contributed by atoms with Crippen molar-refractivity contribution in [2.24, 2.45) is 0 Å². The molecule has 0 saturated carbocycles. The van der Waals surface area contributed by atoms with Crippen molar-refractivity contribution in [2.45, 2.75) is 25.9 Å². The number of hydrogen-bond acceptors (Lipinski definition) is 2. The molecule has 1 aromatic rings. The second kappa shape index (κ2) is 4.55. The molecule has 88 valence electrons. The number of alkyl halides is 3. The van der Waals surface area contributed by atoms with Crippen LogP contribution in [0.4, 0.5) is 18.9 Å². The zero-order chi connectivity index (χ0) is 12.3. The average molecular weight is 231 g/mol. The van der Waals surface area contributed by atoms with E-state index in [1.165, 1.54) is 12.1 Å². The van der Waals surface area contributed by atoms with Crippen LogP contribution >= 0.6 is 0 Å². The molecule has 5 heteroatoms. The summed E-state index contributed by atoms with van der Waals surface area (Å²) in [6.45, 7) is 1.78. The number of carbonyl (C=O) groups excluding carboxylic acids is 1. The average Bonchev–Trinajstić information content (AvgIpc) is 2.16. The molecule has 0 radical (unpaired) electrons. The first-order valence-electron chi connectivity index (χ1n) is 4.86. The Hall–Kier alpha value is -1.52. The lowest BCUT2D eigenvalue weighted by Gasteiger charge is -2.12.